The highest BCUT2D eigenvalue weighted by molar-refractivity contribution is 5.70. The van der Waals surface area contributed by atoms with E-state index in [2.05, 4.69) is 15.1 Å². The molecule has 9 heteroatoms. The Kier molecular flexibility index (Phi) is 3.98. The van der Waals surface area contributed by atoms with Gasteiger partial charge in [0.1, 0.15) is 5.82 Å². The maximum absolute atomic E-state index is 13.2. The molecule has 130 valence electrons. The zero-order valence-corrected chi connectivity index (χ0v) is 13.5. The lowest BCUT2D eigenvalue weighted by molar-refractivity contribution is -0.251. The first kappa shape index (κ1) is 16.7. The van der Waals surface area contributed by atoms with Crippen molar-refractivity contribution in [2.24, 2.45) is 0 Å². The molecule has 2 aromatic rings. The molecule has 1 unspecified atom stereocenters. The first-order valence-corrected chi connectivity index (χ1v) is 7.41. The van der Waals surface area contributed by atoms with Gasteiger partial charge in [-0.2, -0.15) is 18.2 Å². The van der Waals surface area contributed by atoms with Gasteiger partial charge in [0.2, 0.25) is 0 Å². The Morgan fingerprint density at radius 2 is 2.08 bits per heavy atom. The van der Waals surface area contributed by atoms with Crippen molar-refractivity contribution < 1.29 is 22.4 Å². The second-order valence-corrected chi connectivity index (χ2v) is 6.31. The van der Waals surface area contributed by atoms with Crippen molar-refractivity contribution in [2.45, 2.75) is 38.7 Å². The third kappa shape index (κ3) is 3.35. The second-order valence-electron chi connectivity index (χ2n) is 6.31. The van der Waals surface area contributed by atoms with Gasteiger partial charge in [0, 0.05) is 12.7 Å². The molecule has 0 saturated carbocycles. The monoisotopic (exact) mass is 342 g/mol. The summed E-state index contributed by atoms with van der Waals surface area (Å²) in [6, 6.07) is 3.37. The number of pyridine rings is 1. The maximum Gasteiger partial charge on any atom is 0.416 e. The largest absolute Gasteiger partial charge is 0.416 e. The Hall–Kier alpha value is -2.16. The van der Waals surface area contributed by atoms with Crippen LogP contribution >= 0.6 is 0 Å². The van der Waals surface area contributed by atoms with E-state index in [1.54, 1.807) is 37.8 Å². The quantitative estimate of drug-likeness (QED) is 0.836. The molecule has 3 rings (SSSR count). The summed E-state index contributed by atoms with van der Waals surface area (Å²) in [4.78, 5) is 9.94. The van der Waals surface area contributed by atoms with Gasteiger partial charge in [-0.15, -0.1) is 0 Å². The van der Waals surface area contributed by atoms with Crippen molar-refractivity contribution in [3.8, 4) is 11.5 Å². The number of alkyl halides is 3. The normalized spacial score (nSPS) is 21.1. The van der Waals surface area contributed by atoms with Gasteiger partial charge < -0.3 is 14.2 Å². The Labute approximate surface area is 136 Å². The first-order valence-electron chi connectivity index (χ1n) is 7.41. The van der Waals surface area contributed by atoms with E-state index in [9.17, 15) is 13.2 Å². The molecule has 0 N–H and O–H groups in total. The summed E-state index contributed by atoms with van der Waals surface area (Å²) >= 11 is 0. The number of halogens is 3. The van der Waals surface area contributed by atoms with Crippen molar-refractivity contribution >= 4 is 5.82 Å². The average molecular weight is 342 g/mol. The van der Waals surface area contributed by atoms with Crippen LogP contribution in [-0.4, -0.2) is 46.1 Å². The zero-order valence-electron chi connectivity index (χ0n) is 13.5. The summed E-state index contributed by atoms with van der Waals surface area (Å²) < 4.78 is 49.9. The van der Waals surface area contributed by atoms with Gasteiger partial charge in [-0.3, -0.25) is 0 Å². The van der Waals surface area contributed by atoms with Gasteiger partial charge in [-0.05, 0) is 32.9 Å². The lowest BCUT2D eigenvalue weighted by Gasteiger charge is -2.44. The van der Waals surface area contributed by atoms with Crippen LogP contribution in [0.2, 0.25) is 0 Å². The van der Waals surface area contributed by atoms with E-state index < -0.39 is 17.9 Å². The second kappa shape index (κ2) is 5.73. The minimum absolute atomic E-state index is 0.225. The first-order chi connectivity index (χ1) is 11.2. The molecule has 0 aromatic carbocycles. The molecule has 0 amide bonds. The number of aryl methyl sites for hydroxylation is 1. The lowest BCUT2D eigenvalue weighted by atomic mass is 10.0. The molecule has 1 aliphatic heterocycles. The summed E-state index contributed by atoms with van der Waals surface area (Å²) in [5, 5.41) is 3.72. The van der Waals surface area contributed by atoms with Crippen LogP contribution in [0.5, 0.6) is 0 Å². The standard InChI is InChI=1S/C15H17F3N4O2/c1-9-20-13(24-21-9)10-5-4-6-19-12(10)22-7-11(15(16,17)18)23-14(2,3)8-22/h4-6,11H,7-8H2,1-3H3. The molecule has 2 aromatic heterocycles. The Balaban J connectivity index is 1.99. The number of nitrogens with zero attached hydrogens (tertiary/aromatic N) is 4. The highest BCUT2D eigenvalue weighted by Gasteiger charge is 2.48. The van der Waals surface area contributed by atoms with E-state index in [0.29, 0.717) is 17.2 Å². The molecule has 0 aliphatic carbocycles. The zero-order chi connectivity index (χ0) is 17.5. The van der Waals surface area contributed by atoms with Crippen molar-refractivity contribution in [3.63, 3.8) is 0 Å². The third-order valence-electron chi connectivity index (χ3n) is 3.63. The summed E-state index contributed by atoms with van der Waals surface area (Å²) in [6.45, 7) is 4.83. The van der Waals surface area contributed by atoms with Crippen LogP contribution < -0.4 is 4.90 Å². The van der Waals surface area contributed by atoms with E-state index in [1.807, 2.05) is 0 Å². The van der Waals surface area contributed by atoms with E-state index in [1.165, 1.54) is 6.20 Å². The van der Waals surface area contributed by atoms with Gasteiger partial charge >= 0.3 is 6.18 Å². The van der Waals surface area contributed by atoms with Gasteiger partial charge in [-0.1, -0.05) is 5.16 Å². The average Bonchev–Trinajstić information content (AvgIpc) is 2.91. The molecule has 24 heavy (non-hydrogen) atoms. The van der Waals surface area contributed by atoms with Crippen LogP contribution in [0, 0.1) is 6.92 Å². The fraction of sp³-hybridized carbons (Fsp3) is 0.533. The minimum atomic E-state index is -4.45. The van der Waals surface area contributed by atoms with Gasteiger partial charge in [0.15, 0.2) is 11.9 Å². The summed E-state index contributed by atoms with van der Waals surface area (Å²) in [5.74, 6) is 1.03. The highest BCUT2D eigenvalue weighted by Crippen LogP contribution is 2.36. The number of hydrogen-bond donors (Lipinski definition) is 0. The molecular weight excluding hydrogens is 325 g/mol. The molecule has 6 nitrogen and oxygen atoms in total. The molecule has 1 fully saturated rings. The molecule has 1 aliphatic rings. The SMILES string of the molecule is Cc1noc(-c2cccnc2N2CC(C(F)(F)F)OC(C)(C)C2)n1. The predicted molar refractivity (Wildman–Crippen MR) is 79.5 cm³/mol. The van der Waals surface area contributed by atoms with Crippen molar-refractivity contribution in [1.29, 1.82) is 0 Å². The van der Waals surface area contributed by atoms with E-state index >= 15 is 0 Å². The van der Waals surface area contributed by atoms with Crippen LogP contribution in [-0.2, 0) is 4.74 Å². The molecule has 1 saturated heterocycles. The molecule has 0 bridgehead atoms. The molecule has 3 heterocycles. The third-order valence-corrected chi connectivity index (χ3v) is 3.63. The van der Waals surface area contributed by atoms with Gasteiger partial charge in [0.05, 0.1) is 17.7 Å². The van der Waals surface area contributed by atoms with E-state index in [4.69, 9.17) is 9.26 Å². The number of aromatic nitrogens is 3. The van der Waals surface area contributed by atoms with Gasteiger partial charge in [0.25, 0.3) is 5.89 Å². The van der Waals surface area contributed by atoms with E-state index in [-0.39, 0.29) is 19.0 Å². The molecule has 0 radical (unpaired) electrons. The lowest BCUT2D eigenvalue weighted by Crippen LogP contribution is -2.57. The highest BCUT2D eigenvalue weighted by atomic mass is 19.4. The Morgan fingerprint density at radius 1 is 1.33 bits per heavy atom. The summed E-state index contributed by atoms with van der Waals surface area (Å²) in [5.41, 5.74) is -0.477. The van der Waals surface area contributed by atoms with Crippen molar-refractivity contribution in [3.05, 3.63) is 24.2 Å². The van der Waals surface area contributed by atoms with Crippen LogP contribution in [0.4, 0.5) is 19.0 Å². The molecule has 1 atom stereocenters. The minimum Gasteiger partial charge on any atom is -0.359 e. The summed E-state index contributed by atoms with van der Waals surface area (Å²) in [6.07, 6.45) is -4.82. The number of anilines is 1. The maximum atomic E-state index is 13.2. The van der Waals surface area contributed by atoms with E-state index in [0.717, 1.165) is 0 Å². The Bertz CT molecular complexity index is 730. The number of ether oxygens (including phenoxy) is 1. The van der Waals surface area contributed by atoms with Crippen molar-refractivity contribution in [1.82, 2.24) is 15.1 Å². The fourth-order valence-corrected chi connectivity index (χ4v) is 2.74. The predicted octanol–water partition coefficient (Wildman–Crippen LogP) is 2.99. The van der Waals surface area contributed by atoms with Gasteiger partial charge in [-0.25, -0.2) is 4.98 Å². The number of hydrogen-bond acceptors (Lipinski definition) is 6. The topological polar surface area (TPSA) is 64.3 Å². The fourth-order valence-electron chi connectivity index (χ4n) is 2.74. The van der Waals surface area contributed by atoms with Crippen LogP contribution in [0.1, 0.15) is 19.7 Å². The van der Waals surface area contributed by atoms with Crippen LogP contribution in [0.25, 0.3) is 11.5 Å². The molecule has 0 spiro atoms. The van der Waals surface area contributed by atoms with Crippen LogP contribution in [0.3, 0.4) is 0 Å². The van der Waals surface area contributed by atoms with Crippen molar-refractivity contribution in [2.75, 3.05) is 18.0 Å². The number of rotatable bonds is 2. The smallest absolute Gasteiger partial charge is 0.359 e. The molecular formula is C15H17F3N4O2. The summed E-state index contributed by atoms with van der Waals surface area (Å²) in [7, 11) is 0. The van der Waals surface area contributed by atoms with Crippen LogP contribution in [0.15, 0.2) is 22.9 Å². The number of morpholine rings is 1. The Morgan fingerprint density at radius 3 is 2.71 bits per heavy atom.